The maximum Gasteiger partial charge on any atom is 0.246 e. The van der Waals surface area contributed by atoms with Crippen LogP contribution in [0.3, 0.4) is 0 Å². The van der Waals surface area contributed by atoms with E-state index >= 15 is 0 Å². The molecule has 0 aliphatic carbocycles. The lowest BCUT2D eigenvalue weighted by molar-refractivity contribution is -0.130. The number of hydrogen-bond acceptors (Lipinski definition) is 6. The van der Waals surface area contributed by atoms with Gasteiger partial charge in [0.1, 0.15) is 6.10 Å². The van der Waals surface area contributed by atoms with Gasteiger partial charge in [-0.15, -0.1) is 5.10 Å². The van der Waals surface area contributed by atoms with Crippen LogP contribution in [-0.2, 0) is 9.53 Å². The number of aryl methyl sites for hydroxylation is 2. The lowest BCUT2D eigenvalue weighted by Gasteiger charge is -2.34. The number of aromatic nitrogens is 3. The first kappa shape index (κ1) is 15.1. The summed E-state index contributed by atoms with van der Waals surface area (Å²) in [5, 5.41) is 8.34. The standard InChI is InChI=1S/C15H23N5O2/c1-9-10(2)18-19-15(17-9)20-7-5-11(6-8-20)12-3-4-13(22-12)14(16)21/h11-13H,3-8H2,1-2H3,(H2,16,21)/t12-,13+/m0/s1. The van der Waals surface area contributed by atoms with Crippen LogP contribution in [0, 0.1) is 19.8 Å². The van der Waals surface area contributed by atoms with Crippen molar-refractivity contribution in [2.45, 2.75) is 51.7 Å². The van der Waals surface area contributed by atoms with Crippen molar-refractivity contribution in [3.05, 3.63) is 11.4 Å². The molecule has 3 heterocycles. The van der Waals surface area contributed by atoms with Crippen LogP contribution in [0.1, 0.15) is 37.1 Å². The average Bonchev–Trinajstić information content (AvgIpc) is 3.00. The van der Waals surface area contributed by atoms with Gasteiger partial charge in [0, 0.05) is 13.1 Å². The third-order valence-electron chi connectivity index (χ3n) is 4.80. The molecular formula is C15H23N5O2. The van der Waals surface area contributed by atoms with Gasteiger partial charge in [0.25, 0.3) is 0 Å². The molecule has 0 saturated carbocycles. The zero-order valence-electron chi connectivity index (χ0n) is 13.2. The molecule has 3 rings (SSSR count). The predicted octanol–water partition coefficient (Wildman–Crippen LogP) is 0.738. The minimum Gasteiger partial charge on any atom is -0.367 e. The fourth-order valence-electron chi connectivity index (χ4n) is 3.27. The Balaban J connectivity index is 1.56. The molecule has 22 heavy (non-hydrogen) atoms. The lowest BCUT2D eigenvalue weighted by Crippen LogP contribution is -2.39. The highest BCUT2D eigenvalue weighted by Gasteiger charge is 2.36. The van der Waals surface area contributed by atoms with E-state index < -0.39 is 6.10 Å². The van der Waals surface area contributed by atoms with Crippen LogP contribution in [0.5, 0.6) is 0 Å². The van der Waals surface area contributed by atoms with E-state index in [9.17, 15) is 4.79 Å². The summed E-state index contributed by atoms with van der Waals surface area (Å²) in [5.41, 5.74) is 7.12. The van der Waals surface area contributed by atoms with Crippen molar-refractivity contribution in [1.29, 1.82) is 0 Å². The van der Waals surface area contributed by atoms with Gasteiger partial charge >= 0.3 is 0 Å². The van der Waals surface area contributed by atoms with Crippen molar-refractivity contribution in [2.75, 3.05) is 18.0 Å². The second-order valence-corrected chi connectivity index (χ2v) is 6.25. The van der Waals surface area contributed by atoms with E-state index in [1.807, 2.05) is 13.8 Å². The van der Waals surface area contributed by atoms with Crippen LogP contribution in [0.4, 0.5) is 5.95 Å². The summed E-state index contributed by atoms with van der Waals surface area (Å²) < 4.78 is 5.80. The molecule has 7 heteroatoms. The molecule has 120 valence electrons. The van der Waals surface area contributed by atoms with Crippen molar-refractivity contribution < 1.29 is 9.53 Å². The van der Waals surface area contributed by atoms with Crippen molar-refractivity contribution in [2.24, 2.45) is 11.7 Å². The van der Waals surface area contributed by atoms with E-state index in [1.54, 1.807) is 0 Å². The highest BCUT2D eigenvalue weighted by atomic mass is 16.5. The molecule has 0 bridgehead atoms. The van der Waals surface area contributed by atoms with E-state index in [0.717, 1.165) is 50.2 Å². The summed E-state index contributed by atoms with van der Waals surface area (Å²) in [5.74, 6) is 0.860. The number of anilines is 1. The first-order valence-corrected chi connectivity index (χ1v) is 7.92. The number of carbonyl (C=O) groups is 1. The second kappa shape index (κ2) is 6.16. The SMILES string of the molecule is Cc1nnc(N2CCC([C@@H]3CC[C@H](C(N)=O)O3)CC2)nc1C. The molecule has 2 saturated heterocycles. The number of piperidine rings is 1. The topological polar surface area (TPSA) is 94.2 Å². The van der Waals surface area contributed by atoms with Crippen LogP contribution in [-0.4, -0.2) is 46.4 Å². The maximum absolute atomic E-state index is 11.2. The fraction of sp³-hybridized carbons (Fsp3) is 0.733. The molecule has 2 atom stereocenters. The summed E-state index contributed by atoms with van der Waals surface area (Å²) in [6, 6.07) is 0. The third-order valence-corrected chi connectivity index (χ3v) is 4.80. The first-order valence-electron chi connectivity index (χ1n) is 7.92. The summed E-state index contributed by atoms with van der Waals surface area (Å²) in [4.78, 5) is 17.9. The molecule has 1 aromatic rings. The Kier molecular flexibility index (Phi) is 4.24. The molecule has 2 fully saturated rings. The molecule has 2 aliphatic heterocycles. The summed E-state index contributed by atoms with van der Waals surface area (Å²) in [7, 11) is 0. The largest absolute Gasteiger partial charge is 0.367 e. The number of rotatable bonds is 3. The number of carbonyl (C=O) groups excluding carboxylic acids is 1. The van der Waals surface area contributed by atoms with Crippen LogP contribution in [0.2, 0.25) is 0 Å². The van der Waals surface area contributed by atoms with Crippen molar-refractivity contribution in [1.82, 2.24) is 15.2 Å². The van der Waals surface area contributed by atoms with Crippen LogP contribution < -0.4 is 10.6 Å². The van der Waals surface area contributed by atoms with Crippen LogP contribution >= 0.6 is 0 Å². The van der Waals surface area contributed by atoms with Gasteiger partial charge in [0.2, 0.25) is 11.9 Å². The van der Waals surface area contributed by atoms with Gasteiger partial charge < -0.3 is 15.4 Å². The van der Waals surface area contributed by atoms with Gasteiger partial charge in [-0.05, 0) is 45.4 Å². The maximum atomic E-state index is 11.2. The van der Waals surface area contributed by atoms with Gasteiger partial charge in [0.15, 0.2) is 0 Å². The van der Waals surface area contributed by atoms with E-state index in [4.69, 9.17) is 10.5 Å². The zero-order chi connectivity index (χ0) is 15.7. The number of nitrogens with two attached hydrogens (primary N) is 1. The van der Waals surface area contributed by atoms with Gasteiger partial charge in [0.05, 0.1) is 17.5 Å². The first-order chi connectivity index (χ1) is 10.5. The third kappa shape index (κ3) is 3.04. The quantitative estimate of drug-likeness (QED) is 0.885. The summed E-state index contributed by atoms with van der Waals surface area (Å²) in [6.45, 7) is 5.67. The highest BCUT2D eigenvalue weighted by molar-refractivity contribution is 5.79. The monoisotopic (exact) mass is 305 g/mol. The molecule has 7 nitrogen and oxygen atoms in total. The number of nitrogens with zero attached hydrogens (tertiary/aromatic N) is 4. The van der Waals surface area contributed by atoms with Crippen molar-refractivity contribution in [3.8, 4) is 0 Å². The minimum absolute atomic E-state index is 0.165. The van der Waals surface area contributed by atoms with Crippen molar-refractivity contribution >= 4 is 11.9 Å². The number of amides is 1. The minimum atomic E-state index is -0.393. The molecule has 2 aliphatic rings. The Hall–Kier alpha value is -1.76. The van der Waals surface area contributed by atoms with Crippen LogP contribution in [0.25, 0.3) is 0 Å². The Bertz CT molecular complexity index is 557. The van der Waals surface area contributed by atoms with E-state index in [2.05, 4.69) is 20.1 Å². The number of hydrogen-bond donors (Lipinski definition) is 1. The molecule has 1 amide bonds. The number of primary amides is 1. The lowest BCUT2D eigenvalue weighted by atomic mass is 9.90. The van der Waals surface area contributed by atoms with Gasteiger partial charge in [-0.1, -0.05) is 0 Å². The molecule has 0 aromatic carbocycles. The zero-order valence-corrected chi connectivity index (χ0v) is 13.2. The fourth-order valence-corrected chi connectivity index (χ4v) is 3.27. The van der Waals surface area contributed by atoms with Gasteiger partial charge in [-0.25, -0.2) is 4.98 Å². The van der Waals surface area contributed by atoms with Gasteiger partial charge in [-0.2, -0.15) is 5.10 Å². The highest BCUT2D eigenvalue weighted by Crippen LogP contribution is 2.32. The van der Waals surface area contributed by atoms with E-state index in [-0.39, 0.29) is 12.0 Å². The smallest absolute Gasteiger partial charge is 0.246 e. The molecule has 0 unspecified atom stereocenters. The Labute approximate surface area is 130 Å². The van der Waals surface area contributed by atoms with Crippen molar-refractivity contribution in [3.63, 3.8) is 0 Å². The Morgan fingerprint density at radius 3 is 2.45 bits per heavy atom. The summed E-state index contributed by atoms with van der Waals surface area (Å²) >= 11 is 0. The molecule has 0 radical (unpaired) electrons. The molecule has 0 spiro atoms. The Morgan fingerprint density at radius 2 is 1.86 bits per heavy atom. The van der Waals surface area contributed by atoms with Gasteiger partial charge in [-0.3, -0.25) is 4.79 Å². The van der Waals surface area contributed by atoms with E-state index in [1.165, 1.54) is 0 Å². The molecule has 1 aromatic heterocycles. The Morgan fingerprint density at radius 1 is 1.14 bits per heavy atom. The summed E-state index contributed by atoms with van der Waals surface area (Å²) in [6.07, 6.45) is 3.50. The van der Waals surface area contributed by atoms with Crippen LogP contribution in [0.15, 0.2) is 0 Å². The number of ether oxygens (including phenoxy) is 1. The average molecular weight is 305 g/mol. The van der Waals surface area contributed by atoms with E-state index in [0.29, 0.717) is 11.9 Å². The second-order valence-electron chi connectivity index (χ2n) is 6.25. The normalized spacial score (nSPS) is 26.4. The molecule has 2 N–H and O–H groups in total. The predicted molar refractivity (Wildman–Crippen MR) is 81.3 cm³/mol. The molecular weight excluding hydrogens is 282 g/mol.